The number of hydrogen-bond acceptors (Lipinski definition) is 4. The Kier molecular flexibility index (Phi) is 2.16. The SMILES string of the molecule is CC1(c2nnc(Br)o2)CCCS1. The summed E-state index contributed by atoms with van der Waals surface area (Å²) in [5.74, 6) is 1.94. The molecular weight excluding hydrogens is 240 g/mol. The van der Waals surface area contributed by atoms with E-state index in [1.807, 2.05) is 11.8 Å². The molecule has 1 aliphatic rings. The van der Waals surface area contributed by atoms with Gasteiger partial charge >= 0.3 is 0 Å². The standard InChI is InChI=1S/C7H9BrN2OS/c1-7(3-2-4-12-7)5-9-10-6(8)11-5/h2-4H2,1H3. The molecule has 1 atom stereocenters. The molecule has 1 saturated heterocycles. The first-order valence-electron chi connectivity index (χ1n) is 3.84. The first kappa shape index (κ1) is 8.56. The van der Waals surface area contributed by atoms with E-state index >= 15 is 0 Å². The van der Waals surface area contributed by atoms with Crippen LogP contribution in [0.1, 0.15) is 25.7 Å². The van der Waals surface area contributed by atoms with Crippen molar-refractivity contribution < 1.29 is 4.42 Å². The highest BCUT2D eigenvalue weighted by Gasteiger charge is 2.36. The second-order valence-electron chi connectivity index (χ2n) is 3.04. The summed E-state index contributed by atoms with van der Waals surface area (Å²) in [6, 6.07) is 0. The highest BCUT2D eigenvalue weighted by atomic mass is 79.9. The van der Waals surface area contributed by atoms with Crippen molar-refractivity contribution in [3.63, 3.8) is 0 Å². The van der Waals surface area contributed by atoms with Gasteiger partial charge in [-0.1, -0.05) is 0 Å². The van der Waals surface area contributed by atoms with Crippen LogP contribution in [-0.4, -0.2) is 16.0 Å². The van der Waals surface area contributed by atoms with Gasteiger partial charge in [-0.05, 0) is 25.5 Å². The minimum absolute atomic E-state index is 0.0546. The zero-order valence-electron chi connectivity index (χ0n) is 6.71. The van der Waals surface area contributed by atoms with Crippen LogP contribution in [0.3, 0.4) is 0 Å². The van der Waals surface area contributed by atoms with Crippen molar-refractivity contribution in [1.82, 2.24) is 10.2 Å². The predicted molar refractivity (Wildman–Crippen MR) is 51.0 cm³/mol. The molecule has 2 rings (SSSR count). The lowest BCUT2D eigenvalue weighted by Gasteiger charge is -2.16. The molecule has 66 valence electrons. The van der Waals surface area contributed by atoms with Crippen LogP contribution < -0.4 is 0 Å². The molecule has 1 aliphatic heterocycles. The van der Waals surface area contributed by atoms with Crippen molar-refractivity contribution in [3.05, 3.63) is 10.7 Å². The smallest absolute Gasteiger partial charge is 0.284 e. The normalized spacial score (nSPS) is 29.5. The van der Waals surface area contributed by atoms with Gasteiger partial charge in [0.15, 0.2) is 0 Å². The number of halogens is 1. The molecule has 1 fully saturated rings. The Morgan fingerprint density at radius 1 is 1.58 bits per heavy atom. The van der Waals surface area contributed by atoms with Gasteiger partial charge in [-0.3, -0.25) is 0 Å². The predicted octanol–water partition coefficient (Wildman–Crippen LogP) is 2.57. The molecule has 1 aromatic heterocycles. The van der Waals surface area contributed by atoms with Crippen LogP contribution in [0, 0.1) is 0 Å². The third-order valence-electron chi connectivity index (χ3n) is 2.07. The molecule has 0 bridgehead atoms. The molecule has 1 unspecified atom stereocenters. The summed E-state index contributed by atoms with van der Waals surface area (Å²) >= 11 is 5.05. The molecule has 12 heavy (non-hydrogen) atoms. The van der Waals surface area contributed by atoms with Gasteiger partial charge in [0.1, 0.15) is 0 Å². The van der Waals surface area contributed by atoms with E-state index in [0.717, 1.165) is 12.3 Å². The van der Waals surface area contributed by atoms with Crippen molar-refractivity contribution in [2.45, 2.75) is 24.5 Å². The average molecular weight is 249 g/mol. The number of rotatable bonds is 1. The van der Waals surface area contributed by atoms with E-state index in [2.05, 4.69) is 33.1 Å². The molecule has 0 spiro atoms. The molecule has 0 radical (unpaired) electrons. The highest BCUT2D eigenvalue weighted by molar-refractivity contribution is 9.10. The molecule has 0 aromatic carbocycles. The van der Waals surface area contributed by atoms with Crippen LogP contribution in [0.2, 0.25) is 0 Å². The van der Waals surface area contributed by atoms with E-state index in [-0.39, 0.29) is 4.75 Å². The zero-order valence-corrected chi connectivity index (χ0v) is 9.11. The van der Waals surface area contributed by atoms with Crippen LogP contribution in [-0.2, 0) is 4.75 Å². The Balaban J connectivity index is 2.28. The van der Waals surface area contributed by atoms with Gasteiger partial charge in [-0.15, -0.1) is 22.0 Å². The summed E-state index contributed by atoms with van der Waals surface area (Å²) in [6.07, 6.45) is 2.37. The van der Waals surface area contributed by atoms with Crippen molar-refractivity contribution in [2.24, 2.45) is 0 Å². The maximum Gasteiger partial charge on any atom is 0.284 e. The topological polar surface area (TPSA) is 38.9 Å². The minimum Gasteiger partial charge on any atom is -0.414 e. The molecule has 0 saturated carbocycles. The number of thioether (sulfide) groups is 1. The third-order valence-corrected chi connectivity index (χ3v) is 3.90. The molecule has 5 heteroatoms. The van der Waals surface area contributed by atoms with Gasteiger partial charge in [0.2, 0.25) is 5.89 Å². The van der Waals surface area contributed by atoms with Crippen LogP contribution >= 0.6 is 27.7 Å². The maximum atomic E-state index is 5.34. The average Bonchev–Trinajstić information content (AvgIpc) is 2.59. The molecule has 0 N–H and O–H groups in total. The molecule has 0 amide bonds. The molecule has 2 heterocycles. The summed E-state index contributed by atoms with van der Waals surface area (Å²) in [4.78, 5) is 0.478. The van der Waals surface area contributed by atoms with Crippen molar-refractivity contribution in [1.29, 1.82) is 0 Å². The molecule has 0 aliphatic carbocycles. The first-order valence-corrected chi connectivity index (χ1v) is 5.62. The summed E-state index contributed by atoms with van der Waals surface area (Å²) in [7, 11) is 0. The Morgan fingerprint density at radius 3 is 2.92 bits per heavy atom. The number of aromatic nitrogens is 2. The molecule has 1 aromatic rings. The van der Waals surface area contributed by atoms with E-state index in [4.69, 9.17) is 4.42 Å². The molecule has 3 nitrogen and oxygen atoms in total. The van der Waals surface area contributed by atoms with E-state index < -0.39 is 0 Å². The van der Waals surface area contributed by atoms with Gasteiger partial charge < -0.3 is 4.42 Å². The monoisotopic (exact) mass is 248 g/mol. The number of hydrogen-bond donors (Lipinski definition) is 0. The lowest BCUT2D eigenvalue weighted by molar-refractivity contribution is 0.414. The summed E-state index contributed by atoms with van der Waals surface area (Å²) in [5.41, 5.74) is 0. The van der Waals surface area contributed by atoms with Crippen molar-refractivity contribution in [2.75, 3.05) is 5.75 Å². The number of nitrogens with zero attached hydrogens (tertiary/aromatic N) is 2. The van der Waals surface area contributed by atoms with Crippen molar-refractivity contribution in [3.8, 4) is 0 Å². The third kappa shape index (κ3) is 1.40. The fourth-order valence-corrected chi connectivity index (χ4v) is 2.83. The summed E-state index contributed by atoms with van der Waals surface area (Å²) in [6.45, 7) is 2.16. The van der Waals surface area contributed by atoms with Gasteiger partial charge in [0.05, 0.1) is 4.75 Å². The van der Waals surface area contributed by atoms with Gasteiger partial charge in [-0.2, -0.15) is 0 Å². The second-order valence-corrected chi connectivity index (χ2v) is 5.32. The Morgan fingerprint density at radius 2 is 2.42 bits per heavy atom. The van der Waals surface area contributed by atoms with Crippen LogP contribution in [0.15, 0.2) is 9.22 Å². The maximum absolute atomic E-state index is 5.34. The van der Waals surface area contributed by atoms with E-state index in [0.29, 0.717) is 4.80 Å². The van der Waals surface area contributed by atoms with Crippen molar-refractivity contribution >= 4 is 27.7 Å². The van der Waals surface area contributed by atoms with Crippen LogP contribution in [0.25, 0.3) is 0 Å². The lowest BCUT2D eigenvalue weighted by atomic mass is 10.1. The van der Waals surface area contributed by atoms with Gasteiger partial charge in [0, 0.05) is 15.9 Å². The van der Waals surface area contributed by atoms with Gasteiger partial charge in [-0.25, -0.2) is 0 Å². The van der Waals surface area contributed by atoms with Gasteiger partial charge in [0.25, 0.3) is 4.80 Å². The Labute approximate surface area is 83.4 Å². The van der Waals surface area contributed by atoms with Crippen LogP contribution in [0.4, 0.5) is 0 Å². The fraction of sp³-hybridized carbons (Fsp3) is 0.714. The van der Waals surface area contributed by atoms with E-state index in [1.54, 1.807) is 0 Å². The van der Waals surface area contributed by atoms with E-state index in [9.17, 15) is 0 Å². The second kappa shape index (κ2) is 3.03. The Bertz CT molecular complexity index is 283. The Hall–Kier alpha value is -0.0300. The quantitative estimate of drug-likeness (QED) is 0.766. The molecular formula is C7H9BrN2OS. The fourth-order valence-electron chi connectivity index (χ4n) is 1.37. The lowest BCUT2D eigenvalue weighted by Crippen LogP contribution is -2.12. The first-order chi connectivity index (χ1) is 5.71. The van der Waals surface area contributed by atoms with E-state index in [1.165, 1.54) is 12.2 Å². The summed E-state index contributed by atoms with van der Waals surface area (Å²) < 4.78 is 5.40. The minimum atomic E-state index is 0.0546. The largest absolute Gasteiger partial charge is 0.414 e. The van der Waals surface area contributed by atoms with Crippen LogP contribution in [0.5, 0.6) is 0 Å². The zero-order chi connectivity index (χ0) is 8.60. The summed E-state index contributed by atoms with van der Waals surface area (Å²) in [5, 5.41) is 7.78. The highest BCUT2D eigenvalue weighted by Crippen LogP contribution is 2.45.